The van der Waals surface area contributed by atoms with E-state index in [-0.39, 0.29) is 23.5 Å². The Bertz CT molecular complexity index is 777. The van der Waals surface area contributed by atoms with Gasteiger partial charge in [-0.25, -0.2) is 8.42 Å². The summed E-state index contributed by atoms with van der Waals surface area (Å²) in [5.41, 5.74) is 2.48. The Morgan fingerprint density at radius 1 is 1.40 bits per heavy atom. The Kier molecular flexibility index (Phi) is 3.05. The summed E-state index contributed by atoms with van der Waals surface area (Å²) >= 11 is 0. The van der Waals surface area contributed by atoms with Crippen molar-refractivity contribution in [1.82, 2.24) is 10.3 Å². The monoisotopic (exact) mass is 292 g/mol. The highest BCUT2D eigenvalue weighted by molar-refractivity contribution is 7.91. The molecule has 1 aromatic heterocycles. The average molecular weight is 292 g/mol. The van der Waals surface area contributed by atoms with E-state index in [4.69, 9.17) is 0 Å². The van der Waals surface area contributed by atoms with E-state index in [1.165, 1.54) is 0 Å². The second-order valence-corrected chi connectivity index (χ2v) is 7.52. The molecular weight excluding hydrogens is 276 g/mol. The first-order valence-corrected chi connectivity index (χ1v) is 8.36. The first-order chi connectivity index (χ1) is 9.44. The van der Waals surface area contributed by atoms with E-state index in [9.17, 15) is 13.2 Å². The summed E-state index contributed by atoms with van der Waals surface area (Å²) < 4.78 is 22.8. The van der Waals surface area contributed by atoms with Gasteiger partial charge in [-0.3, -0.25) is 4.79 Å². The van der Waals surface area contributed by atoms with Gasteiger partial charge in [-0.15, -0.1) is 0 Å². The molecule has 1 fully saturated rings. The number of aromatic amines is 1. The number of nitrogens with one attached hydrogen (secondary N) is 2. The minimum absolute atomic E-state index is 0.0397. The fourth-order valence-electron chi connectivity index (χ4n) is 2.60. The quantitative estimate of drug-likeness (QED) is 0.878. The van der Waals surface area contributed by atoms with Crippen LogP contribution in [-0.2, 0) is 9.84 Å². The van der Waals surface area contributed by atoms with E-state index >= 15 is 0 Å². The number of rotatable bonds is 2. The molecule has 1 unspecified atom stereocenters. The number of sulfone groups is 1. The Labute approximate surface area is 117 Å². The van der Waals surface area contributed by atoms with Crippen molar-refractivity contribution in [2.75, 3.05) is 11.5 Å². The molecule has 0 bridgehead atoms. The second-order valence-electron chi connectivity index (χ2n) is 5.29. The summed E-state index contributed by atoms with van der Waals surface area (Å²) in [7, 11) is -2.98. The highest BCUT2D eigenvalue weighted by Crippen LogP contribution is 2.19. The molecule has 6 heteroatoms. The molecule has 1 aliphatic heterocycles. The molecule has 2 heterocycles. The molecule has 2 N–H and O–H groups in total. The van der Waals surface area contributed by atoms with Gasteiger partial charge in [-0.2, -0.15) is 0 Å². The second kappa shape index (κ2) is 4.63. The fourth-order valence-corrected chi connectivity index (χ4v) is 4.27. The van der Waals surface area contributed by atoms with Crippen LogP contribution >= 0.6 is 0 Å². The Morgan fingerprint density at radius 2 is 2.20 bits per heavy atom. The van der Waals surface area contributed by atoms with Crippen LogP contribution in [0.2, 0.25) is 0 Å². The first kappa shape index (κ1) is 13.2. The van der Waals surface area contributed by atoms with E-state index in [1.807, 2.05) is 31.2 Å². The van der Waals surface area contributed by atoms with Gasteiger partial charge in [-0.1, -0.05) is 12.1 Å². The molecule has 2 aromatic rings. The number of carbonyl (C=O) groups excluding carboxylic acids is 1. The van der Waals surface area contributed by atoms with Crippen molar-refractivity contribution in [2.24, 2.45) is 0 Å². The topological polar surface area (TPSA) is 79.0 Å². The van der Waals surface area contributed by atoms with Gasteiger partial charge in [0.15, 0.2) is 9.84 Å². The van der Waals surface area contributed by atoms with Crippen LogP contribution in [0.1, 0.15) is 22.5 Å². The van der Waals surface area contributed by atoms with Gasteiger partial charge < -0.3 is 10.3 Å². The molecule has 1 aliphatic rings. The lowest BCUT2D eigenvalue weighted by molar-refractivity contribution is 0.0937. The predicted molar refractivity (Wildman–Crippen MR) is 77.6 cm³/mol. The molecule has 1 amide bonds. The summed E-state index contributed by atoms with van der Waals surface area (Å²) in [6.45, 7) is 1.99. The molecule has 0 saturated carbocycles. The highest BCUT2D eigenvalue weighted by Gasteiger charge is 2.29. The molecule has 106 valence electrons. The molecule has 0 radical (unpaired) electrons. The smallest absolute Gasteiger partial charge is 0.267 e. The maximum absolute atomic E-state index is 12.2. The summed E-state index contributed by atoms with van der Waals surface area (Å²) in [5, 5.41) is 3.79. The average Bonchev–Trinajstić information content (AvgIpc) is 2.94. The summed E-state index contributed by atoms with van der Waals surface area (Å²) in [4.78, 5) is 15.2. The third-order valence-electron chi connectivity index (χ3n) is 3.69. The van der Waals surface area contributed by atoms with E-state index in [2.05, 4.69) is 10.3 Å². The molecule has 1 atom stereocenters. The van der Waals surface area contributed by atoms with E-state index in [0.29, 0.717) is 12.1 Å². The number of aryl methyl sites for hydroxylation is 1. The van der Waals surface area contributed by atoms with Gasteiger partial charge in [0.05, 0.1) is 11.5 Å². The van der Waals surface area contributed by atoms with Crippen LogP contribution in [0.15, 0.2) is 24.3 Å². The standard InChI is InChI=1S/C14H16N2O3S/c1-9-3-2-4-12-11(9)7-13(16-12)14(17)15-10-5-6-20(18,19)8-10/h2-4,7,10,16H,5-6,8H2,1H3,(H,15,17). The van der Waals surface area contributed by atoms with Crippen LogP contribution < -0.4 is 5.32 Å². The van der Waals surface area contributed by atoms with Gasteiger partial charge >= 0.3 is 0 Å². The molecule has 3 rings (SSSR count). The van der Waals surface area contributed by atoms with Crippen LogP contribution in [0, 0.1) is 6.92 Å². The van der Waals surface area contributed by atoms with Crippen LogP contribution in [0.4, 0.5) is 0 Å². The van der Waals surface area contributed by atoms with E-state index in [0.717, 1.165) is 16.5 Å². The number of hydrogen-bond donors (Lipinski definition) is 2. The number of benzene rings is 1. The minimum atomic E-state index is -2.98. The number of amides is 1. The SMILES string of the molecule is Cc1cccc2[nH]c(C(=O)NC3CCS(=O)(=O)C3)cc12. The minimum Gasteiger partial charge on any atom is -0.351 e. The molecule has 1 aromatic carbocycles. The van der Waals surface area contributed by atoms with Gasteiger partial charge in [0, 0.05) is 16.9 Å². The zero-order valence-electron chi connectivity index (χ0n) is 11.1. The predicted octanol–water partition coefficient (Wildman–Crippen LogP) is 1.39. The molecule has 5 nitrogen and oxygen atoms in total. The number of aromatic nitrogens is 1. The highest BCUT2D eigenvalue weighted by atomic mass is 32.2. The van der Waals surface area contributed by atoms with Crippen LogP contribution in [0.3, 0.4) is 0 Å². The van der Waals surface area contributed by atoms with Crippen molar-refractivity contribution >= 4 is 26.6 Å². The van der Waals surface area contributed by atoms with Gasteiger partial charge in [0.25, 0.3) is 5.91 Å². The summed E-state index contributed by atoms with van der Waals surface area (Å²) in [5.74, 6) is -0.0513. The van der Waals surface area contributed by atoms with Crippen molar-refractivity contribution in [2.45, 2.75) is 19.4 Å². The molecule has 1 saturated heterocycles. The number of H-pyrrole nitrogens is 1. The van der Waals surface area contributed by atoms with Gasteiger partial charge in [0.1, 0.15) is 5.69 Å². The van der Waals surface area contributed by atoms with Crippen molar-refractivity contribution in [3.63, 3.8) is 0 Å². The van der Waals surface area contributed by atoms with Gasteiger partial charge in [0.2, 0.25) is 0 Å². The Hall–Kier alpha value is -1.82. The van der Waals surface area contributed by atoms with Crippen molar-refractivity contribution in [1.29, 1.82) is 0 Å². The lowest BCUT2D eigenvalue weighted by Crippen LogP contribution is -2.35. The van der Waals surface area contributed by atoms with E-state index < -0.39 is 9.84 Å². The lowest BCUT2D eigenvalue weighted by Gasteiger charge is -2.09. The van der Waals surface area contributed by atoms with Crippen LogP contribution in [0.25, 0.3) is 10.9 Å². The Balaban J connectivity index is 1.81. The lowest BCUT2D eigenvalue weighted by atomic mass is 10.1. The zero-order chi connectivity index (χ0) is 14.3. The maximum atomic E-state index is 12.2. The van der Waals surface area contributed by atoms with Crippen molar-refractivity contribution < 1.29 is 13.2 Å². The molecule has 0 spiro atoms. The zero-order valence-corrected chi connectivity index (χ0v) is 12.0. The fraction of sp³-hybridized carbons (Fsp3) is 0.357. The molecule has 20 heavy (non-hydrogen) atoms. The molecular formula is C14H16N2O3S. The normalized spacial score (nSPS) is 21.1. The third kappa shape index (κ3) is 2.43. The largest absolute Gasteiger partial charge is 0.351 e. The van der Waals surface area contributed by atoms with Crippen molar-refractivity contribution in [3.05, 3.63) is 35.5 Å². The number of fused-ring (bicyclic) bond motifs is 1. The molecule has 0 aliphatic carbocycles. The van der Waals surface area contributed by atoms with Crippen LogP contribution in [0.5, 0.6) is 0 Å². The third-order valence-corrected chi connectivity index (χ3v) is 5.46. The Morgan fingerprint density at radius 3 is 2.85 bits per heavy atom. The van der Waals surface area contributed by atoms with Gasteiger partial charge in [-0.05, 0) is 31.0 Å². The van der Waals surface area contributed by atoms with Crippen LogP contribution in [-0.4, -0.2) is 36.9 Å². The van der Waals surface area contributed by atoms with E-state index in [1.54, 1.807) is 0 Å². The summed E-state index contributed by atoms with van der Waals surface area (Å²) in [6.07, 6.45) is 0.493. The first-order valence-electron chi connectivity index (χ1n) is 6.54. The number of carbonyl (C=O) groups is 1. The van der Waals surface area contributed by atoms with Crippen molar-refractivity contribution in [3.8, 4) is 0 Å². The summed E-state index contributed by atoms with van der Waals surface area (Å²) in [6, 6.07) is 7.36. The maximum Gasteiger partial charge on any atom is 0.267 e. The number of hydrogen-bond acceptors (Lipinski definition) is 3.